The van der Waals surface area contributed by atoms with Crippen LogP contribution in [0, 0.1) is 0 Å². The van der Waals surface area contributed by atoms with Crippen LogP contribution in [0.15, 0.2) is 71.9 Å². The molecule has 3 rings (SSSR count). The Labute approximate surface area is 145 Å². The Bertz CT molecular complexity index is 995. The van der Waals surface area contributed by atoms with E-state index in [0.29, 0.717) is 12.1 Å². The second kappa shape index (κ2) is 6.90. The molecule has 6 nitrogen and oxygen atoms in total. The molecule has 7 heteroatoms. The van der Waals surface area contributed by atoms with E-state index in [1.807, 2.05) is 30.3 Å². The highest BCUT2D eigenvalue weighted by Gasteiger charge is 2.19. The van der Waals surface area contributed by atoms with E-state index in [2.05, 4.69) is 5.10 Å². The van der Waals surface area contributed by atoms with Gasteiger partial charge in [0.15, 0.2) is 5.78 Å². The highest BCUT2D eigenvalue weighted by atomic mass is 32.2. The molecule has 0 unspecified atom stereocenters. The zero-order valence-corrected chi connectivity index (χ0v) is 14.3. The summed E-state index contributed by atoms with van der Waals surface area (Å²) >= 11 is 0. The van der Waals surface area contributed by atoms with Crippen LogP contribution in [0.1, 0.15) is 22.8 Å². The molecule has 1 aromatic heterocycles. The Morgan fingerprint density at radius 2 is 1.88 bits per heavy atom. The van der Waals surface area contributed by atoms with Gasteiger partial charge in [-0.05, 0) is 24.6 Å². The maximum Gasteiger partial charge on any atom is 0.342 e. The number of benzene rings is 2. The average Bonchev–Trinajstić information content (AvgIpc) is 3.05. The van der Waals surface area contributed by atoms with E-state index in [9.17, 15) is 13.2 Å². The summed E-state index contributed by atoms with van der Waals surface area (Å²) in [7, 11) is -4.02. The number of nitrogens with zero attached hydrogens (tertiary/aromatic N) is 2. The van der Waals surface area contributed by atoms with E-state index >= 15 is 0 Å². The van der Waals surface area contributed by atoms with Crippen molar-refractivity contribution in [3.05, 3.63) is 78.1 Å². The third-order valence-corrected chi connectivity index (χ3v) is 4.73. The van der Waals surface area contributed by atoms with E-state index in [4.69, 9.17) is 4.18 Å². The van der Waals surface area contributed by atoms with Crippen LogP contribution >= 0.6 is 0 Å². The average molecular weight is 356 g/mol. The number of rotatable bonds is 6. The summed E-state index contributed by atoms with van der Waals surface area (Å²) in [6.45, 7) is 1.86. The maximum atomic E-state index is 12.4. The smallest absolute Gasteiger partial charge is 0.342 e. The fourth-order valence-corrected chi connectivity index (χ4v) is 3.15. The lowest BCUT2D eigenvalue weighted by Crippen LogP contribution is -2.09. The molecular formula is C18H16N2O4S. The van der Waals surface area contributed by atoms with Gasteiger partial charge in [-0.25, -0.2) is 0 Å². The normalized spacial score (nSPS) is 11.2. The van der Waals surface area contributed by atoms with Crippen LogP contribution in [-0.2, 0) is 16.7 Å². The van der Waals surface area contributed by atoms with Crippen molar-refractivity contribution in [2.45, 2.75) is 18.4 Å². The third kappa shape index (κ3) is 4.13. The maximum absolute atomic E-state index is 12.4. The number of hydrogen-bond donors (Lipinski definition) is 0. The lowest BCUT2D eigenvalue weighted by Gasteiger charge is -2.06. The van der Waals surface area contributed by atoms with Gasteiger partial charge in [-0.15, -0.1) is 0 Å². The molecule has 3 aromatic rings. The second-order valence-electron chi connectivity index (χ2n) is 5.48. The fraction of sp³-hybridized carbons (Fsp3) is 0.111. The van der Waals surface area contributed by atoms with Gasteiger partial charge >= 0.3 is 10.1 Å². The summed E-state index contributed by atoms with van der Waals surface area (Å²) in [6.07, 6.45) is 2.66. The molecule has 25 heavy (non-hydrogen) atoms. The topological polar surface area (TPSA) is 78.3 Å². The molecule has 0 bridgehead atoms. The SMILES string of the molecule is CC(=O)c1cccc(OS(=O)(=O)c2cnn(Cc3ccccc3)c2)c1. The Balaban J connectivity index is 1.79. The Hall–Kier alpha value is -2.93. The molecule has 1 heterocycles. The van der Waals surface area contributed by atoms with Crippen molar-refractivity contribution >= 4 is 15.9 Å². The molecule has 0 spiro atoms. The number of hydrogen-bond acceptors (Lipinski definition) is 5. The summed E-state index contributed by atoms with van der Waals surface area (Å²) in [6, 6.07) is 15.6. The van der Waals surface area contributed by atoms with Crippen LogP contribution in [0.25, 0.3) is 0 Å². The molecule has 0 atom stereocenters. The number of aromatic nitrogens is 2. The Morgan fingerprint density at radius 1 is 1.12 bits per heavy atom. The summed E-state index contributed by atoms with van der Waals surface area (Å²) in [5, 5.41) is 4.07. The highest BCUT2D eigenvalue weighted by Crippen LogP contribution is 2.20. The summed E-state index contributed by atoms with van der Waals surface area (Å²) in [4.78, 5) is 11.3. The fourth-order valence-electron chi connectivity index (χ4n) is 2.27. The summed E-state index contributed by atoms with van der Waals surface area (Å²) in [5.74, 6) is -0.0814. The van der Waals surface area contributed by atoms with Crippen molar-refractivity contribution in [1.29, 1.82) is 0 Å². The van der Waals surface area contributed by atoms with Crippen LogP contribution in [0.2, 0.25) is 0 Å². The lowest BCUT2D eigenvalue weighted by molar-refractivity contribution is 0.101. The molecule has 0 radical (unpaired) electrons. The standard InChI is InChI=1S/C18H16N2O4S/c1-14(21)16-8-5-9-17(10-16)24-25(22,23)18-11-19-20(13-18)12-15-6-3-2-4-7-15/h2-11,13H,12H2,1H3. The predicted octanol–water partition coefficient (Wildman–Crippen LogP) is 2.90. The van der Waals surface area contributed by atoms with Crippen LogP contribution in [0.5, 0.6) is 5.75 Å². The Morgan fingerprint density at radius 3 is 2.60 bits per heavy atom. The van der Waals surface area contributed by atoms with Gasteiger partial charge in [0.2, 0.25) is 0 Å². The van der Waals surface area contributed by atoms with Gasteiger partial charge in [0.1, 0.15) is 10.6 Å². The zero-order valence-electron chi connectivity index (χ0n) is 13.5. The van der Waals surface area contributed by atoms with E-state index in [0.717, 1.165) is 5.56 Å². The number of carbonyl (C=O) groups is 1. The van der Waals surface area contributed by atoms with Crippen molar-refractivity contribution in [3.8, 4) is 5.75 Å². The molecule has 128 valence electrons. The molecule has 2 aromatic carbocycles. The van der Waals surface area contributed by atoms with Crippen molar-refractivity contribution in [2.24, 2.45) is 0 Å². The summed E-state index contributed by atoms with van der Waals surface area (Å²) in [5.41, 5.74) is 1.39. The molecule has 0 saturated carbocycles. The molecule has 0 aliphatic rings. The van der Waals surface area contributed by atoms with Gasteiger partial charge in [0.05, 0.1) is 12.7 Å². The minimum atomic E-state index is -4.02. The quantitative estimate of drug-likeness (QED) is 0.501. The van der Waals surface area contributed by atoms with Crippen LogP contribution in [-0.4, -0.2) is 24.0 Å². The largest absolute Gasteiger partial charge is 0.379 e. The van der Waals surface area contributed by atoms with E-state index in [1.54, 1.807) is 12.1 Å². The molecule has 0 fully saturated rings. The first kappa shape index (κ1) is 16.9. The molecule has 0 N–H and O–H groups in total. The Kier molecular flexibility index (Phi) is 4.67. The van der Waals surface area contributed by atoms with Gasteiger partial charge in [0.25, 0.3) is 0 Å². The van der Waals surface area contributed by atoms with Gasteiger partial charge in [-0.2, -0.15) is 13.5 Å². The number of Topliss-reactive ketones (excluding diaryl/α,β-unsaturated/α-hetero) is 1. The summed E-state index contributed by atoms with van der Waals surface area (Å²) < 4.78 is 31.4. The van der Waals surface area contributed by atoms with Crippen molar-refractivity contribution in [3.63, 3.8) is 0 Å². The van der Waals surface area contributed by atoms with E-state index in [1.165, 1.54) is 36.1 Å². The molecule has 0 amide bonds. The van der Waals surface area contributed by atoms with E-state index < -0.39 is 10.1 Å². The molecular weight excluding hydrogens is 340 g/mol. The number of carbonyl (C=O) groups excluding carboxylic acids is 1. The molecule has 0 saturated heterocycles. The van der Waals surface area contributed by atoms with Gasteiger partial charge in [-0.1, -0.05) is 42.5 Å². The molecule has 0 aliphatic heterocycles. The third-order valence-electron chi connectivity index (χ3n) is 3.53. The zero-order chi connectivity index (χ0) is 17.9. The first-order valence-electron chi connectivity index (χ1n) is 7.56. The van der Waals surface area contributed by atoms with E-state index in [-0.39, 0.29) is 16.4 Å². The monoisotopic (exact) mass is 356 g/mol. The van der Waals surface area contributed by atoms with Crippen molar-refractivity contribution in [2.75, 3.05) is 0 Å². The first-order chi connectivity index (χ1) is 11.9. The minimum Gasteiger partial charge on any atom is -0.379 e. The van der Waals surface area contributed by atoms with Crippen molar-refractivity contribution < 1.29 is 17.4 Å². The molecule has 0 aliphatic carbocycles. The van der Waals surface area contributed by atoms with Gasteiger partial charge in [-0.3, -0.25) is 9.48 Å². The minimum absolute atomic E-state index is 0.0448. The lowest BCUT2D eigenvalue weighted by atomic mass is 10.1. The predicted molar refractivity (Wildman–Crippen MR) is 92.0 cm³/mol. The van der Waals surface area contributed by atoms with Crippen LogP contribution in [0.4, 0.5) is 0 Å². The first-order valence-corrected chi connectivity index (χ1v) is 8.97. The van der Waals surface area contributed by atoms with Crippen LogP contribution in [0.3, 0.4) is 0 Å². The van der Waals surface area contributed by atoms with Crippen LogP contribution < -0.4 is 4.18 Å². The number of ketones is 1. The highest BCUT2D eigenvalue weighted by molar-refractivity contribution is 7.87. The second-order valence-corrected chi connectivity index (χ2v) is 7.03. The van der Waals surface area contributed by atoms with Gasteiger partial charge < -0.3 is 4.18 Å². The van der Waals surface area contributed by atoms with Crippen molar-refractivity contribution in [1.82, 2.24) is 9.78 Å². The van der Waals surface area contributed by atoms with Gasteiger partial charge in [0, 0.05) is 11.8 Å².